The zero-order valence-corrected chi connectivity index (χ0v) is 17.1. The number of nitrogen functional groups attached to an aromatic ring is 1. The molecule has 5 rings (SSSR count). The summed E-state index contributed by atoms with van der Waals surface area (Å²) in [4.78, 5) is 21.2. The number of likely N-dealkylation sites (N-methyl/N-ethyl adjacent to an activating group) is 1. The normalized spacial score (nSPS) is 16.4. The number of amides is 1. The first-order chi connectivity index (χ1) is 14.6. The van der Waals surface area contributed by atoms with Gasteiger partial charge in [0.05, 0.1) is 0 Å². The molecule has 6 nitrogen and oxygen atoms in total. The quantitative estimate of drug-likeness (QED) is 0.708. The van der Waals surface area contributed by atoms with Crippen molar-refractivity contribution in [3.63, 3.8) is 0 Å². The van der Waals surface area contributed by atoms with Gasteiger partial charge in [0, 0.05) is 61.3 Å². The van der Waals surface area contributed by atoms with Crippen LogP contribution >= 0.6 is 0 Å². The Bertz CT molecular complexity index is 1100. The molecule has 30 heavy (non-hydrogen) atoms. The number of benzene rings is 2. The maximum Gasteiger partial charge on any atom is 0.251 e. The standard InChI is InChI=1S/C24H25N5O/c1-28-8-10-29(11-9-28)20-6-4-16(5-7-20)19-13-21(23(25)26-15-19)17-2-3-18-14-27-24(30)22(18)12-17/h2-7,12-13,15H,8-11,14H2,1H3,(H2,25,26)(H,27,30). The topological polar surface area (TPSA) is 74.5 Å². The van der Waals surface area contributed by atoms with Gasteiger partial charge in [0.1, 0.15) is 5.82 Å². The summed E-state index contributed by atoms with van der Waals surface area (Å²) in [5.74, 6) is 0.431. The van der Waals surface area contributed by atoms with E-state index in [1.54, 1.807) is 0 Å². The predicted octanol–water partition coefficient (Wildman–Crippen LogP) is 2.99. The van der Waals surface area contributed by atoms with Gasteiger partial charge in [-0.15, -0.1) is 0 Å². The maximum absolute atomic E-state index is 12.0. The number of carbonyl (C=O) groups is 1. The number of piperazine rings is 1. The molecule has 2 aliphatic heterocycles. The summed E-state index contributed by atoms with van der Waals surface area (Å²) in [7, 11) is 2.17. The second-order valence-corrected chi connectivity index (χ2v) is 8.05. The lowest BCUT2D eigenvalue weighted by Gasteiger charge is -2.34. The molecule has 2 aliphatic rings. The molecule has 2 aromatic carbocycles. The van der Waals surface area contributed by atoms with Crippen molar-refractivity contribution in [2.24, 2.45) is 0 Å². The zero-order valence-electron chi connectivity index (χ0n) is 17.1. The van der Waals surface area contributed by atoms with Gasteiger partial charge in [-0.25, -0.2) is 4.98 Å². The average molecular weight is 399 g/mol. The van der Waals surface area contributed by atoms with Gasteiger partial charge in [-0.3, -0.25) is 4.79 Å². The largest absolute Gasteiger partial charge is 0.383 e. The van der Waals surface area contributed by atoms with E-state index in [0.29, 0.717) is 17.9 Å². The van der Waals surface area contributed by atoms with Crippen molar-refractivity contribution in [2.75, 3.05) is 43.9 Å². The van der Waals surface area contributed by atoms with E-state index >= 15 is 0 Å². The lowest BCUT2D eigenvalue weighted by atomic mass is 9.98. The maximum atomic E-state index is 12.0. The van der Waals surface area contributed by atoms with Crippen molar-refractivity contribution in [1.82, 2.24) is 15.2 Å². The summed E-state index contributed by atoms with van der Waals surface area (Å²) >= 11 is 0. The predicted molar refractivity (Wildman–Crippen MR) is 120 cm³/mol. The third kappa shape index (κ3) is 3.39. The van der Waals surface area contributed by atoms with E-state index < -0.39 is 0 Å². The summed E-state index contributed by atoms with van der Waals surface area (Å²) in [5, 5.41) is 2.86. The van der Waals surface area contributed by atoms with Gasteiger partial charge < -0.3 is 20.9 Å². The molecule has 0 radical (unpaired) electrons. The number of hydrogen-bond donors (Lipinski definition) is 2. The molecule has 3 aromatic rings. The molecular formula is C24H25N5O. The van der Waals surface area contributed by atoms with Gasteiger partial charge in [0.25, 0.3) is 5.91 Å². The zero-order chi connectivity index (χ0) is 20.7. The van der Waals surface area contributed by atoms with Crippen LogP contribution in [0.2, 0.25) is 0 Å². The Hall–Kier alpha value is -3.38. The summed E-state index contributed by atoms with van der Waals surface area (Å²) in [6.45, 7) is 4.87. The number of anilines is 2. The lowest BCUT2D eigenvalue weighted by Crippen LogP contribution is -2.44. The second kappa shape index (κ2) is 7.46. The van der Waals surface area contributed by atoms with Crippen molar-refractivity contribution in [3.8, 4) is 22.3 Å². The molecule has 3 heterocycles. The van der Waals surface area contributed by atoms with E-state index in [9.17, 15) is 4.79 Å². The number of hydrogen-bond acceptors (Lipinski definition) is 5. The van der Waals surface area contributed by atoms with Crippen LogP contribution in [0, 0.1) is 0 Å². The number of nitrogens with one attached hydrogen (secondary N) is 1. The number of nitrogens with zero attached hydrogens (tertiary/aromatic N) is 3. The molecule has 3 N–H and O–H groups in total. The summed E-state index contributed by atoms with van der Waals surface area (Å²) in [6, 6.07) is 16.6. The Balaban J connectivity index is 1.44. The smallest absolute Gasteiger partial charge is 0.251 e. The van der Waals surface area contributed by atoms with Crippen LogP contribution in [0.15, 0.2) is 54.7 Å². The number of aromatic nitrogens is 1. The number of fused-ring (bicyclic) bond motifs is 1. The highest BCUT2D eigenvalue weighted by Crippen LogP contribution is 2.32. The number of pyridine rings is 1. The molecule has 0 unspecified atom stereocenters. The number of nitrogens with two attached hydrogens (primary N) is 1. The van der Waals surface area contributed by atoms with Crippen LogP contribution in [0.3, 0.4) is 0 Å². The van der Waals surface area contributed by atoms with Crippen molar-refractivity contribution >= 4 is 17.4 Å². The molecule has 0 spiro atoms. The molecule has 1 aromatic heterocycles. The molecule has 0 saturated carbocycles. The Labute approximate surface area is 176 Å². The first-order valence-electron chi connectivity index (χ1n) is 10.3. The fourth-order valence-corrected chi connectivity index (χ4v) is 4.17. The molecule has 0 aliphatic carbocycles. The molecule has 0 atom stereocenters. The van der Waals surface area contributed by atoms with Crippen LogP contribution in [0.1, 0.15) is 15.9 Å². The van der Waals surface area contributed by atoms with Crippen LogP contribution in [0.5, 0.6) is 0 Å². The van der Waals surface area contributed by atoms with E-state index in [1.165, 1.54) is 5.69 Å². The fraction of sp³-hybridized carbons (Fsp3) is 0.250. The van der Waals surface area contributed by atoms with Crippen LogP contribution < -0.4 is 16.0 Å². The van der Waals surface area contributed by atoms with Gasteiger partial charge in [0.15, 0.2) is 0 Å². The Morgan fingerprint density at radius 1 is 0.900 bits per heavy atom. The minimum absolute atomic E-state index is 0.0333. The lowest BCUT2D eigenvalue weighted by molar-refractivity contribution is 0.0966. The third-order valence-corrected chi connectivity index (χ3v) is 6.09. The highest BCUT2D eigenvalue weighted by Gasteiger charge is 2.20. The highest BCUT2D eigenvalue weighted by molar-refractivity contribution is 5.99. The SMILES string of the molecule is CN1CCN(c2ccc(-c3cnc(N)c(-c4ccc5c(c4)C(=O)NC5)c3)cc2)CC1. The van der Waals surface area contributed by atoms with Crippen LogP contribution in [0.25, 0.3) is 22.3 Å². The minimum atomic E-state index is -0.0333. The third-order valence-electron chi connectivity index (χ3n) is 6.09. The van der Waals surface area contributed by atoms with Crippen LogP contribution in [0.4, 0.5) is 11.5 Å². The molecular weight excluding hydrogens is 374 g/mol. The first-order valence-corrected chi connectivity index (χ1v) is 10.3. The van der Waals surface area contributed by atoms with Crippen LogP contribution in [-0.4, -0.2) is 49.0 Å². The molecule has 1 amide bonds. The second-order valence-electron chi connectivity index (χ2n) is 8.05. The monoisotopic (exact) mass is 399 g/mol. The molecule has 6 heteroatoms. The first kappa shape index (κ1) is 18.6. The average Bonchev–Trinajstić information content (AvgIpc) is 3.15. The van der Waals surface area contributed by atoms with Crippen molar-refractivity contribution in [2.45, 2.75) is 6.54 Å². The summed E-state index contributed by atoms with van der Waals surface area (Å²) < 4.78 is 0. The van der Waals surface area contributed by atoms with Gasteiger partial charge in [0.2, 0.25) is 0 Å². The molecule has 1 saturated heterocycles. The summed E-state index contributed by atoms with van der Waals surface area (Å²) in [5.41, 5.74) is 13.0. The Morgan fingerprint density at radius 2 is 1.60 bits per heavy atom. The van der Waals surface area contributed by atoms with Crippen molar-refractivity contribution in [1.29, 1.82) is 0 Å². The minimum Gasteiger partial charge on any atom is -0.383 e. The van der Waals surface area contributed by atoms with Crippen molar-refractivity contribution < 1.29 is 4.79 Å². The van der Waals surface area contributed by atoms with E-state index in [-0.39, 0.29) is 5.91 Å². The molecule has 0 bridgehead atoms. The van der Waals surface area contributed by atoms with E-state index in [1.807, 2.05) is 24.4 Å². The molecule has 152 valence electrons. The van der Waals surface area contributed by atoms with Gasteiger partial charge in [-0.05, 0) is 48.0 Å². The Morgan fingerprint density at radius 3 is 2.37 bits per heavy atom. The van der Waals surface area contributed by atoms with Crippen LogP contribution in [-0.2, 0) is 6.54 Å². The van der Waals surface area contributed by atoms with E-state index in [2.05, 4.69) is 57.5 Å². The molecule has 1 fully saturated rings. The Kier molecular flexibility index (Phi) is 4.64. The van der Waals surface area contributed by atoms with Gasteiger partial charge >= 0.3 is 0 Å². The number of rotatable bonds is 3. The number of carbonyl (C=O) groups excluding carboxylic acids is 1. The van der Waals surface area contributed by atoms with Gasteiger partial charge in [-0.2, -0.15) is 0 Å². The van der Waals surface area contributed by atoms with Crippen molar-refractivity contribution in [3.05, 3.63) is 65.9 Å². The van der Waals surface area contributed by atoms with Gasteiger partial charge in [-0.1, -0.05) is 24.3 Å². The summed E-state index contributed by atoms with van der Waals surface area (Å²) in [6.07, 6.45) is 1.81. The van der Waals surface area contributed by atoms with E-state index in [0.717, 1.165) is 54.0 Å². The van der Waals surface area contributed by atoms with E-state index in [4.69, 9.17) is 5.73 Å². The highest BCUT2D eigenvalue weighted by atomic mass is 16.1. The fourth-order valence-electron chi connectivity index (χ4n) is 4.17.